The van der Waals surface area contributed by atoms with Gasteiger partial charge in [-0.25, -0.2) is 4.79 Å². The van der Waals surface area contributed by atoms with Gasteiger partial charge in [0.05, 0.1) is 5.54 Å². The van der Waals surface area contributed by atoms with Crippen LogP contribution in [0.15, 0.2) is 12.2 Å². The van der Waals surface area contributed by atoms with E-state index in [1.807, 2.05) is 20.8 Å². The number of nitrogens with one attached hydrogen (secondary N) is 1. The van der Waals surface area contributed by atoms with Gasteiger partial charge in [-0.15, -0.1) is 0 Å². The van der Waals surface area contributed by atoms with E-state index in [-0.39, 0.29) is 11.6 Å². The SMILES string of the molecule is C=C(CN)C1(NC(=O)OC(C)(C)C)CCCC1. The molecule has 1 aliphatic rings. The zero-order valence-electron chi connectivity index (χ0n) is 11.1. The molecule has 3 N–H and O–H groups in total. The second-order valence-corrected chi connectivity index (χ2v) is 5.72. The van der Waals surface area contributed by atoms with Gasteiger partial charge in [-0.3, -0.25) is 0 Å². The summed E-state index contributed by atoms with van der Waals surface area (Å²) in [6, 6.07) is 0. The van der Waals surface area contributed by atoms with Gasteiger partial charge in [-0.1, -0.05) is 19.4 Å². The molecule has 1 saturated carbocycles. The van der Waals surface area contributed by atoms with E-state index in [1.54, 1.807) is 0 Å². The Bertz CT molecular complexity index is 299. The molecule has 0 aromatic rings. The maximum Gasteiger partial charge on any atom is 0.408 e. The molecule has 0 heterocycles. The molecular formula is C13H24N2O2. The summed E-state index contributed by atoms with van der Waals surface area (Å²) in [5, 5.41) is 2.96. The van der Waals surface area contributed by atoms with Crippen molar-refractivity contribution in [2.75, 3.05) is 6.54 Å². The largest absolute Gasteiger partial charge is 0.444 e. The summed E-state index contributed by atoms with van der Waals surface area (Å²) in [6.07, 6.45) is 3.61. The molecule has 0 aliphatic heterocycles. The van der Waals surface area contributed by atoms with Crippen LogP contribution < -0.4 is 11.1 Å². The van der Waals surface area contributed by atoms with E-state index in [0.29, 0.717) is 6.54 Å². The van der Waals surface area contributed by atoms with Crippen molar-refractivity contribution in [2.24, 2.45) is 5.73 Å². The summed E-state index contributed by atoms with van der Waals surface area (Å²) < 4.78 is 5.29. The Hall–Kier alpha value is -1.03. The minimum Gasteiger partial charge on any atom is -0.444 e. The van der Waals surface area contributed by atoms with Crippen molar-refractivity contribution in [2.45, 2.75) is 57.6 Å². The van der Waals surface area contributed by atoms with Crippen molar-refractivity contribution in [1.82, 2.24) is 5.32 Å². The van der Waals surface area contributed by atoms with Gasteiger partial charge in [0.25, 0.3) is 0 Å². The number of ether oxygens (including phenoxy) is 1. The average Bonchev–Trinajstić information content (AvgIpc) is 2.63. The summed E-state index contributed by atoms with van der Waals surface area (Å²) in [7, 11) is 0. The third kappa shape index (κ3) is 3.73. The number of hydrogen-bond acceptors (Lipinski definition) is 3. The Morgan fingerprint density at radius 2 is 1.94 bits per heavy atom. The highest BCUT2D eigenvalue weighted by Crippen LogP contribution is 2.35. The van der Waals surface area contributed by atoms with Gasteiger partial charge in [-0.2, -0.15) is 0 Å². The van der Waals surface area contributed by atoms with Gasteiger partial charge >= 0.3 is 6.09 Å². The molecule has 98 valence electrons. The molecule has 0 unspecified atom stereocenters. The van der Waals surface area contributed by atoms with Crippen molar-refractivity contribution in [3.63, 3.8) is 0 Å². The molecule has 0 radical (unpaired) electrons. The summed E-state index contributed by atoms with van der Waals surface area (Å²) in [6.45, 7) is 9.94. The number of hydrogen-bond donors (Lipinski definition) is 2. The monoisotopic (exact) mass is 240 g/mol. The normalized spacial score (nSPS) is 18.8. The van der Waals surface area contributed by atoms with Crippen LogP contribution in [0.25, 0.3) is 0 Å². The molecule has 17 heavy (non-hydrogen) atoms. The number of amides is 1. The van der Waals surface area contributed by atoms with Crippen LogP contribution in [0.1, 0.15) is 46.5 Å². The predicted octanol–water partition coefficient (Wildman–Crippen LogP) is 2.34. The Balaban J connectivity index is 2.68. The molecule has 0 bridgehead atoms. The van der Waals surface area contributed by atoms with Crippen LogP contribution in [-0.4, -0.2) is 23.8 Å². The van der Waals surface area contributed by atoms with Crippen molar-refractivity contribution in [3.8, 4) is 0 Å². The van der Waals surface area contributed by atoms with Gasteiger partial charge < -0.3 is 15.8 Å². The number of nitrogens with two attached hydrogens (primary N) is 1. The fourth-order valence-electron chi connectivity index (χ4n) is 2.24. The Morgan fingerprint density at radius 3 is 2.35 bits per heavy atom. The topological polar surface area (TPSA) is 64.3 Å². The molecule has 1 aliphatic carbocycles. The summed E-state index contributed by atoms with van der Waals surface area (Å²) in [4.78, 5) is 11.8. The van der Waals surface area contributed by atoms with Crippen LogP contribution in [0, 0.1) is 0 Å². The lowest BCUT2D eigenvalue weighted by atomic mass is 9.89. The third-order valence-corrected chi connectivity index (χ3v) is 3.12. The first kappa shape index (κ1) is 14.0. The van der Waals surface area contributed by atoms with Gasteiger partial charge in [0.2, 0.25) is 0 Å². The highest BCUT2D eigenvalue weighted by molar-refractivity contribution is 5.69. The van der Waals surface area contributed by atoms with Crippen LogP contribution in [0.3, 0.4) is 0 Å². The highest BCUT2D eigenvalue weighted by atomic mass is 16.6. The minimum atomic E-state index is -0.478. The Morgan fingerprint density at radius 1 is 1.41 bits per heavy atom. The number of carbonyl (C=O) groups excluding carboxylic acids is 1. The fraction of sp³-hybridized carbons (Fsp3) is 0.769. The minimum absolute atomic E-state index is 0.350. The van der Waals surface area contributed by atoms with Crippen molar-refractivity contribution >= 4 is 6.09 Å². The van der Waals surface area contributed by atoms with Crippen molar-refractivity contribution in [1.29, 1.82) is 0 Å². The lowest BCUT2D eigenvalue weighted by molar-refractivity contribution is 0.0474. The fourth-order valence-corrected chi connectivity index (χ4v) is 2.24. The number of carbonyl (C=O) groups is 1. The molecule has 0 saturated heterocycles. The first-order valence-corrected chi connectivity index (χ1v) is 6.18. The first-order valence-electron chi connectivity index (χ1n) is 6.18. The maximum absolute atomic E-state index is 11.8. The Labute approximate surface area is 104 Å². The van der Waals surface area contributed by atoms with Crippen LogP contribution in [-0.2, 0) is 4.74 Å². The quantitative estimate of drug-likeness (QED) is 0.744. The summed E-state index contributed by atoms with van der Waals surface area (Å²) >= 11 is 0. The third-order valence-electron chi connectivity index (χ3n) is 3.12. The second-order valence-electron chi connectivity index (χ2n) is 5.72. The smallest absolute Gasteiger partial charge is 0.408 e. The number of rotatable bonds is 3. The molecule has 1 amide bonds. The molecular weight excluding hydrogens is 216 g/mol. The summed E-state index contributed by atoms with van der Waals surface area (Å²) in [5.41, 5.74) is 5.71. The predicted molar refractivity (Wildman–Crippen MR) is 68.8 cm³/mol. The van der Waals surface area contributed by atoms with Crippen molar-refractivity contribution in [3.05, 3.63) is 12.2 Å². The average molecular weight is 240 g/mol. The molecule has 0 aromatic heterocycles. The van der Waals surface area contributed by atoms with E-state index in [2.05, 4.69) is 11.9 Å². The lowest BCUT2D eigenvalue weighted by Crippen LogP contribution is -2.50. The maximum atomic E-state index is 11.8. The van der Waals surface area contributed by atoms with E-state index in [4.69, 9.17) is 10.5 Å². The molecule has 0 aromatic carbocycles. The highest BCUT2D eigenvalue weighted by Gasteiger charge is 2.38. The molecule has 1 rings (SSSR count). The van der Waals surface area contributed by atoms with Gasteiger partial charge in [0.1, 0.15) is 5.60 Å². The molecule has 4 nitrogen and oxygen atoms in total. The van der Waals surface area contributed by atoms with Crippen LogP contribution in [0.4, 0.5) is 4.79 Å². The van der Waals surface area contributed by atoms with E-state index in [0.717, 1.165) is 31.3 Å². The van der Waals surface area contributed by atoms with Gasteiger partial charge in [0.15, 0.2) is 0 Å². The van der Waals surface area contributed by atoms with E-state index in [9.17, 15) is 4.79 Å². The van der Waals surface area contributed by atoms with Crippen LogP contribution in [0.2, 0.25) is 0 Å². The van der Waals surface area contributed by atoms with Gasteiger partial charge in [0, 0.05) is 6.54 Å². The lowest BCUT2D eigenvalue weighted by Gasteiger charge is -2.33. The van der Waals surface area contributed by atoms with Crippen molar-refractivity contribution < 1.29 is 9.53 Å². The summed E-state index contributed by atoms with van der Waals surface area (Å²) in [5.74, 6) is 0. The standard InChI is InChI=1S/C13H24N2O2/c1-10(9-14)13(7-5-6-8-13)15-11(16)17-12(2,3)4/h1,5-9,14H2,2-4H3,(H,15,16). The molecule has 1 fully saturated rings. The van der Waals surface area contributed by atoms with E-state index in [1.165, 1.54) is 0 Å². The zero-order chi connectivity index (χ0) is 13.1. The first-order chi connectivity index (χ1) is 7.79. The number of alkyl carbamates (subject to hydrolysis) is 1. The van der Waals surface area contributed by atoms with E-state index >= 15 is 0 Å². The molecule has 0 spiro atoms. The van der Waals surface area contributed by atoms with Crippen LogP contribution in [0.5, 0.6) is 0 Å². The Kier molecular flexibility index (Phi) is 4.20. The molecule has 4 heteroatoms. The second kappa shape index (κ2) is 5.08. The van der Waals surface area contributed by atoms with Gasteiger partial charge in [-0.05, 0) is 39.2 Å². The van der Waals surface area contributed by atoms with E-state index < -0.39 is 5.60 Å². The van der Waals surface area contributed by atoms with Crippen LogP contribution >= 0.6 is 0 Å². The zero-order valence-corrected chi connectivity index (χ0v) is 11.1. The molecule has 0 atom stereocenters.